The van der Waals surface area contributed by atoms with Gasteiger partial charge in [-0.1, -0.05) is 5.57 Å². The third-order valence-corrected chi connectivity index (χ3v) is 2.52. The van der Waals surface area contributed by atoms with Crippen LogP contribution in [-0.4, -0.2) is 34.7 Å². The van der Waals surface area contributed by atoms with Crippen molar-refractivity contribution in [3.8, 4) is 12.3 Å². The second-order valence-electron chi connectivity index (χ2n) is 4.10. The summed E-state index contributed by atoms with van der Waals surface area (Å²) in [7, 11) is 0. The fourth-order valence-electron chi connectivity index (χ4n) is 1.48. The summed E-state index contributed by atoms with van der Waals surface area (Å²) in [4.78, 5) is 32.9. The minimum Gasteiger partial charge on any atom is -0.480 e. The Morgan fingerprint density at radius 3 is 2.16 bits per heavy atom. The van der Waals surface area contributed by atoms with Gasteiger partial charge in [0, 0.05) is 13.3 Å². The molecule has 0 atom stereocenters. The Bertz CT molecular complexity index is 427. The molecule has 19 heavy (non-hydrogen) atoms. The van der Waals surface area contributed by atoms with Crippen LogP contribution in [0.1, 0.15) is 26.7 Å². The molecule has 0 fully saturated rings. The molecule has 2 N–H and O–H groups in total. The van der Waals surface area contributed by atoms with Crippen LogP contribution in [0.5, 0.6) is 0 Å². The number of rotatable bonds is 7. The van der Waals surface area contributed by atoms with E-state index in [1.54, 1.807) is 6.92 Å². The van der Waals surface area contributed by atoms with Crippen molar-refractivity contribution in [3.63, 3.8) is 0 Å². The molecule has 0 aliphatic rings. The monoisotopic (exact) mass is 268 g/mol. The van der Waals surface area contributed by atoms with Crippen LogP contribution in [0.15, 0.2) is 11.6 Å². The summed E-state index contributed by atoms with van der Waals surface area (Å²) >= 11 is 0. The number of hydrogen-bond acceptors (Lipinski definition) is 4. The molecule has 0 heterocycles. The maximum atomic E-state index is 11.2. The van der Waals surface area contributed by atoms with E-state index in [-0.39, 0.29) is 13.0 Å². The Morgan fingerprint density at radius 1 is 1.26 bits per heavy atom. The zero-order chi connectivity index (χ0) is 15.1. The Hall–Kier alpha value is -2.29. The second kappa shape index (κ2) is 7.21. The fourth-order valence-corrected chi connectivity index (χ4v) is 1.48. The van der Waals surface area contributed by atoms with Crippen LogP contribution in [-0.2, 0) is 19.1 Å². The average Bonchev–Trinajstić information content (AvgIpc) is 2.26. The molecular weight excluding hydrogens is 252 g/mol. The van der Waals surface area contributed by atoms with Crippen LogP contribution in [0, 0.1) is 17.8 Å². The number of esters is 1. The molecule has 0 spiro atoms. The highest BCUT2D eigenvalue weighted by molar-refractivity contribution is 5.98. The minimum atomic E-state index is -2.05. The Labute approximate surface area is 111 Å². The maximum absolute atomic E-state index is 11.2. The van der Waals surface area contributed by atoms with E-state index in [2.05, 4.69) is 10.7 Å². The number of carbonyl (C=O) groups excluding carboxylic acids is 1. The van der Waals surface area contributed by atoms with Gasteiger partial charge in [0.1, 0.15) is 6.61 Å². The van der Waals surface area contributed by atoms with Gasteiger partial charge < -0.3 is 14.9 Å². The van der Waals surface area contributed by atoms with Gasteiger partial charge in [0.15, 0.2) is 5.41 Å². The zero-order valence-corrected chi connectivity index (χ0v) is 10.8. The molecule has 0 amide bonds. The highest BCUT2D eigenvalue weighted by Gasteiger charge is 2.46. The van der Waals surface area contributed by atoms with Gasteiger partial charge in [0.05, 0.1) is 0 Å². The minimum absolute atomic E-state index is 0.0352. The Kier molecular flexibility index (Phi) is 6.34. The van der Waals surface area contributed by atoms with Gasteiger partial charge in [-0.3, -0.25) is 14.4 Å². The van der Waals surface area contributed by atoms with Crippen molar-refractivity contribution in [2.24, 2.45) is 5.41 Å². The van der Waals surface area contributed by atoms with Crippen LogP contribution in [0.3, 0.4) is 0 Å². The number of carbonyl (C=O) groups is 3. The smallest absolute Gasteiger partial charge is 0.322 e. The van der Waals surface area contributed by atoms with Crippen molar-refractivity contribution < 1.29 is 29.3 Å². The molecule has 0 unspecified atom stereocenters. The number of carboxylic acids is 2. The van der Waals surface area contributed by atoms with E-state index in [1.165, 1.54) is 13.0 Å². The third kappa shape index (κ3) is 4.84. The molecule has 104 valence electrons. The van der Waals surface area contributed by atoms with Crippen molar-refractivity contribution >= 4 is 17.9 Å². The Morgan fingerprint density at radius 2 is 1.79 bits per heavy atom. The lowest BCUT2D eigenvalue weighted by Gasteiger charge is -2.22. The molecule has 0 saturated carbocycles. The molecule has 6 heteroatoms. The molecular formula is C13H16O6. The molecule has 0 bridgehead atoms. The van der Waals surface area contributed by atoms with Crippen molar-refractivity contribution in [2.45, 2.75) is 26.7 Å². The first-order valence-corrected chi connectivity index (χ1v) is 5.45. The van der Waals surface area contributed by atoms with Gasteiger partial charge in [0.2, 0.25) is 0 Å². The van der Waals surface area contributed by atoms with Gasteiger partial charge in [-0.05, 0) is 19.4 Å². The van der Waals surface area contributed by atoms with E-state index in [0.29, 0.717) is 5.57 Å². The molecule has 0 aliphatic carbocycles. The molecule has 0 aliphatic heterocycles. The van der Waals surface area contributed by atoms with Crippen molar-refractivity contribution in [1.29, 1.82) is 0 Å². The topological polar surface area (TPSA) is 101 Å². The summed E-state index contributed by atoms with van der Waals surface area (Å²) in [5.41, 5.74) is -1.58. The van der Waals surface area contributed by atoms with Gasteiger partial charge in [-0.15, -0.1) is 12.3 Å². The summed E-state index contributed by atoms with van der Waals surface area (Å²) < 4.78 is 4.66. The number of ether oxygens (including phenoxy) is 1. The van der Waals surface area contributed by atoms with Gasteiger partial charge in [0.25, 0.3) is 0 Å². The van der Waals surface area contributed by atoms with E-state index >= 15 is 0 Å². The highest BCUT2D eigenvalue weighted by Crippen LogP contribution is 2.31. The maximum Gasteiger partial charge on any atom is 0.322 e. The van der Waals surface area contributed by atoms with Gasteiger partial charge in [-0.2, -0.15) is 0 Å². The van der Waals surface area contributed by atoms with E-state index in [0.717, 1.165) is 0 Å². The number of terminal acetylenes is 1. The van der Waals surface area contributed by atoms with Crippen LogP contribution in [0.4, 0.5) is 0 Å². The lowest BCUT2D eigenvalue weighted by atomic mass is 9.79. The summed E-state index contributed by atoms with van der Waals surface area (Å²) in [6.07, 6.45) is 5.83. The normalized spacial score (nSPS) is 11.5. The van der Waals surface area contributed by atoms with Gasteiger partial charge >= 0.3 is 17.9 Å². The number of allylic oxidation sites excluding steroid dienone is 1. The Balaban J connectivity index is 5.02. The first-order chi connectivity index (χ1) is 8.76. The molecule has 0 saturated heterocycles. The second-order valence-corrected chi connectivity index (χ2v) is 4.10. The number of carboxylic acid groups (broad SMARTS) is 2. The fraction of sp³-hybridized carbons (Fsp3) is 0.462. The molecule has 0 aromatic heterocycles. The largest absolute Gasteiger partial charge is 0.480 e. The quantitative estimate of drug-likeness (QED) is 0.310. The predicted molar refractivity (Wildman–Crippen MR) is 66.2 cm³/mol. The standard InChI is InChI=1S/C13H16O6/c1-4-6-13(11(15)16,12(17)18)8-9(2)5-7-19-10(3)14/h1,5H,6-8H2,2-3H3,(H,15,16)(H,17,18)/b9-5+. The highest BCUT2D eigenvalue weighted by atomic mass is 16.5. The van der Waals surface area contributed by atoms with Crippen LogP contribution in [0.2, 0.25) is 0 Å². The first kappa shape index (κ1) is 16.7. The van der Waals surface area contributed by atoms with Crippen LogP contribution >= 0.6 is 0 Å². The zero-order valence-electron chi connectivity index (χ0n) is 10.8. The SMILES string of the molecule is C#CCC(C/C(C)=C/COC(C)=O)(C(=O)O)C(=O)O. The van der Waals surface area contributed by atoms with E-state index in [4.69, 9.17) is 16.6 Å². The lowest BCUT2D eigenvalue weighted by Crippen LogP contribution is -2.39. The third-order valence-electron chi connectivity index (χ3n) is 2.52. The number of hydrogen-bond donors (Lipinski definition) is 2. The molecule has 0 aromatic carbocycles. The summed E-state index contributed by atoms with van der Waals surface area (Å²) in [6, 6.07) is 0. The average molecular weight is 268 g/mol. The van der Waals surface area contributed by atoms with E-state index < -0.39 is 29.7 Å². The number of aliphatic carboxylic acids is 2. The van der Waals surface area contributed by atoms with Crippen molar-refractivity contribution in [2.75, 3.05) is 6.61 Å². The molecule has 0 rings (SSSR count). The molecule has 6 nitrogen and oxygen atoms in total. The van der Waals surface area contributed by atoms with E-state index in [1.807, 2.05) is 0 Å². The van der Waals surface area contributed by atoms with Crippen LogP contribution in [0.25, 0.3) is 0 Å². The van der Waals surface area contributed by atoms with Gasteiger partial charge in [-0.25, -0.2) is 0 Å². The first-order valence-electron chi connectivity index (χ1n) is 5.45. The summed E-state index contributed by atoms with van der Waals surface area (Å²) in [5, 5.41) is 18.2. The van der Waals surface area contributed by atoms with Crippen molar-refractivity contribution in [1.82, 2.24) is 0 Å². The molecule has 0 aromatic rings. The summed E-state index contributed by atoms with van der Waals surface area (Å²) in [6.45, 7) is 2.76. The summed E-state index contributed by atoms with van der Waals surface area (Å²) in [5.74, 6) is -1.38. The molecule has 0 radical (unpaired) electrons. The predicted octanol–water partition coefficient (Wildman–Crippen LogP) is 1.06. The lowest BCUT2D eigenvalue weighted by molar-refractivity contribution is -0.164. The van der Waals surface area contributed by atoms with Crippen molar-refractivity contribution in [3.05, 3.63) is 11.6 Å². The van der Waals surface area contributed by atoms with E-state index in [9.17, 15) is 14.4 Å². The van der Waals surface area contributed by atoms with Crippen LogP contribution < -0.4 is 0 Å².